The molecule has 2 aromatic rings. The molecule has 2 heterocycles. The summed E-state index contributed by atoms with van der Waals surface area (Å²) in [4.78, 5) is 17.4. The largest absolute Gasteiger partial charge is 0.340 e. The minimum absolute atomic E-state index is 0.357. The van der Waals surface area contributed by atoms with Gasteiger partial charge in [-0.25, -0.2) is 0 Å². The van der Waals surface area contributed by atoms with E-state index in [-0.39, 0.29) is 0 Å². The number of fused-ring (bicyclic) bond motifs is 1. The van der Waals surface area contributed by atoms with Crippen LogP contribution in [0.3, 0.4) is 0 Å². The molecule has 4 rings (SSSR count). The fraction of sp³-hybridized carbons (Fsp3) is 0.542. The maximum absolute atomic E-state index is 12.8. The lowest BCUT2D eigenvalue weighted by Crippen LogP contribution is -2.48. The van der Waals surface area contributed by atoms with E-state index in [4.69, 9.17) is 0 Å². The highest BCUT2D eigenvalue weighted by Gasteiger charge is 2.26. The van der Waals surface area contributed by atoms with Crippen molar-refractivity contribution in [2.45, 2.75) is 32.7 Å². The Hall–Kier alpha value is -1.91. The highest BCUT2D eigenvalue weighted by Crippen LogP contribution is 2.25. The number of hydrogen-bond donors (Lipinski definition) is 1. The van der Waals surface area contributed by atoms with Crippen molar-refractivity contribution in [2.75, 3.05) is 39.3 Å². The molecule has 1 unspecified atom stereocenters. The van der Waals surface area contributed by atoms with Crippen LogP contribution in [0.1, 0.15) is 31.7 Å². The third kappa shape index (κ3) is 4.56. The first-order valence-electron chi connectivity index (χ1n) is 10.9. The molecule has 1 amide bonds. The lowest BCUT2D eigenvalue weighted by Gasteiger charge is -2.36. The second-order valence-electron chi connectivity index (χ2n) is 8.56. The molecule has 2 aromatic carbocycles. The number of piperazine rings is 1. The number of nitrogens with one attached hydrogen (secondary N) is 1. The molecule has 0 saturated carbocycles. The van der Waals surface area contributed by atoms with Gasteiger partial charge in [-0.2, -0.15) is 0 Å². The first kappa shape index (κ1) is 19.4. The Kier molecular flexibility index (Phi) is 6.28. The van der Waals surface area contributed by atoms with Crippen molar-refractivity contribution in [2.24, 2.45) is 11.8 Å². The van der Waals surface area contributed by atoms with Gasteiger partial charge in [0.25, 0.3) is 0 Å². The first-order chi connectivity index (χ1) is 13.7. The van der Waals surface area contributed by atoms with Crippen LogP contribution in [0, 0.1) is 11.8 Å². The quantitative estimate of drug-likeness (QED) is 0.864. The zero-order chi connectivity index (χ0) is 19.3. The molecule has 0 aromatic heterocycles. The zero-order valence-electron chi connectivity index (χ0n) is 17.1. The van der Waals surface area contributed by atoms with E-state index < -0.39 is 0 Å². The Morgan fingerprint density at radius 3 is 2.54 bits per heavy atom. The molecule has 0 radical (unpaired) electrons. The first-order valence-corrected chi connectivity index (χ1v) is 10.9. The standard InChI is InChI=1S/C24H33N3O/c1-19(20-9-11-25-12-10-20)17-24(28)27-15-13-26(14-16-27)18-22-7-4-6-21-5-2-3-8-23(21)22/h2-8,19-20,25H,9-18H2,1H3. The van der Waals surface area contributed by atoms with Crippen LogP contribution in [0.5, 0.6) is 0 Å². The van der Waals surface area contributed by atoms with Crippen molar-refractivity contribution in [3.8, 4) is 0 Å². The minimum Gasteiger partial charge on any atom is -0.340 e. The van der Waals surface area contributed by atoms with Crippen LogP contribution in [0.4, 0.5) is 0 Å². The molecule has 2 saturated heterocycles. The van der Waals surface area contributed by atoms with Crippen molar-refractivity contribution >= 4 is 16.7 Å². The topological polar surface area (TPSA) is 35.6 Å². The zero-order valence-corrected chi connectivity index (χ0v) is 17.1. The van der Waals surface area contributed by atoms with Crippen molar-refractivity contribution in [3.63, 3.8) is 0 Å². The number of amides is 1. The molecular formula is C24H33N3O. The van der Waals surface area contributed by atoms with Gasteiger partial charge in [0.1, 0.15) is 0 Å². The Balaban J connectivity index is 1.28. The highest BCUT2D eigenvalue weighted by atomic mass is 16.2. The van der Waals surface area contributed by atoms with Gasteiger partial charge in [0, 0.05) is 39.1 Å². The molecular weight excluding hydrogens is 346 g/mol. The lowest BCUT2D eigenvalue weighted by molar-refractivity contribution is -0.134. The molecule has 1 atom stereocenters. The third-order valence-electron chi connectivity index (χ3n) is 6.68. The summed E-state index contributed by atoms with van der Waals surface area (Å²) in [7, 11) is 0. The van der Waals surface area contributed by atoms with Crippen LogP contribution >= 0.6 is 0 Å². The highest BCUT2D eigenvalue weighted by molar-refractivity contribution is 5.85. The van der Waals surface area contributed by atoms with Gasteiger partial charge in [-0.05, 0) is 54.1 Å². The van der Waals surface area contributed by atoms with Gasteiger partial charge in [0.05, 0.1) is 0 Å². The molecule has 150 valence electrons. The summed E-state index contributed by atoms with van der Waals surface area (Å²) in [5.41, 5.74) is 1.39. The van der Waals surface area contributed by atoms with Crippen molar-refractivity contribution in [1.29, 1.82) is 0 Å². The van der Waals surface area contributed by atoms with E-state index in [9.17, 15) is 4.79 Å². The number of piperidine rings is 1. The lowest BCUT2D eigenvalue weighted by atomic mass is 9.84. The average molecular weight is 380 g/mol. The maximum atomic E-state index is 12.8. The van der Waals surface area contributed by atoms with E-state index >= 15 is 0 Å². The summed E-state index contributed by atoms with van der Waals surface area (Å²) in [6.45, 7) is 9.12. The number of nitrogens with zero attached hydrogens (tertiary/aromatic N) is 2. The summed E-state index contributed by atoms with van der Waals surface area (Å²) in [6.07, 6.45) is 3.15. The predicted molar refractivity (Wildman–Crippen MR) is 115 cm³/mol. The number of rotatable bonds is 5. The van der Waals surface area contributed by atoms with Crippen LogP contribution in [0.2, 0.25) is 0 Å². The van der Waals surface area contributed by atoms with E-state index in [1.807, 2.05) is 0 Å². The number of hydrogen-bond acceptors (Lipinski definition) is 3. The number of carbonyl (C=O) groups is 1. The predicted octanol–water partition coefficient (Wildman–Crippen LogP) is 3.51. The summed E-state index contributed by atoms with van der Waals surface area (Å²) >= 11 is 0. The van der Waals surface area contributed by atoms with E-state index in [1.54, 1.807) is 0 Å². The summed E-state index contributed by atoms with van der Waals surface area (Å²) in [5, 5.41) is 6.07. The van der Waals surface area contributed by atoms with Crippen LogP contribution in [-0.4, -0.2) is 55.0 Å². The van der Waals surface area contributed by atoms with Gasteiger partial charge < -0.3 is 10.2 Å². The Labute approximate surface area is 168 Å². The summed E-state index contributed by atoms with van der Waals surface area (Å²) in [5.74, 6) is 1.57. The molecule has 2 aliphatic heterocycles. The SMILES string of the molecule is CC(CC(=O)N1CCN(Cc2cccc3ccccc23)CC1)C1CCNCC1. The second-order valence-corrected chi connectivity index (χ2v) is 8.56. The molecule has 2 aliphatic rings. The van der Waals surface area contributed by atoms with Crippen LogP contribution in [0.25, 0.3) is 10.8 Å². The van der Waals surface area contributed by atoms with Gasteiger partial charge in [0.2, 0.25) is 5.91 Å². The normalized spacial score (nSPS) is 20.4. The monoisotopic (exact) mass is 379 g/mol. The average Bonchev–Trinajstić information content (AvgIpc) is 2.75. The number of benzene rings is 2. The van der Waals surface area contributed by atoms with Gasteiger partial charge in [-0.15, -0.1) is 0 Å². The van der Waals surface area contributed by atoms with Crippen LogP contribution < -0.4 is 5.32 Å². The Morgan fingerprint density at radius 2 is 1.75 bits per heavy atom. The van der Waals surface area contributed by atoms with Gasteiger partial charge >= 0.3 is 0 Å². The smallest absolute Gasteiger partial charge is 0.222 e. The fourth-order valence-corrected chi connectivity index (χ4v) is 4.81. The Bertz CT molecular complexity index is 786. The van der Waals surface area contributed by atoms with Gasteiger partial charge in [0.15, 0.2) is 0 Å². The molecule has 28 heavy (non-hydrogen) atoms. The van der Waals surface area contributed by atoms with E-state index in [1.165, 1.54) is 29.2 Å². The third-order valence-corrected chi connectivity index (χ3v) is 6.68. The van der Waals surface area contributed by atoms with Crippen molar-refractivity contribution in [1.82, 2.24) is 15.1 Å². The van der Waals surface area contributed by atoms with Crippen molar-refractivity contribution in [3.05, 3.63) is 48.0 Å². The molecule has 4 nitrogen and oxygen atoms in total. The van der Waals surface area contributed by atoms with E-state index in [2.05, 4.69) is 64.5 Å². The van der Waals surface area contributed by atoms with Gasteiger partial charge in [-0.1, -0.05) is 49.4 Å². The fourth-order valence-electron chi connectivity index (χ4n) is 4.81. The second kappa shape index (κ2) is 9.06. The van der Waals surface area contributed by atoms with Crippen LogP contribution in [0.15, 0.2) is 42.5 Å². The molecule has 1 N–H and O–H groups in total. The maximum Gasteiger partial charge on any atom is 0.222 e. The van der Waals surface area contributed by atoms with Crippen molar-refractivity contribution < 1.29 is 4.79 Å². The number of carbonyl (C=O) groups excluding carboxylic acids is 1. The van der Waals surface area contributed by atoms with E-state index in [0.717, 1.165) is 45.8 Å². The molecule has 2 fully saturated rings. The van der Waals surface area contributed by atoms with Gasteiger partial charge in [-0.3, -0.25) is 9.69 Å². The molecule has 0 bridgehead atoms. The van der Waals surface area contributed by atoms with Crippen LogP contribution in [-0.2, 0) is 11.3 Å². The Morgan fingerprint density at radius 1 is 1.04 bits per heavy atom. The summed E-state index contributed by atoms with van der Waals surface area (Å²) in [6, 6.07) is 15.2. The molecule has 0 spiro atoms. The molecule has 4 heteroatoms. The summed E-state index contributed by atoms with van der Waals surface area (Å²) < 4.78 is 0. The minimum atomic E-state index is 0.357. The van der Waals surface area contributed by atoms with E-state index in [0.29, 0.717) is 24.2 Å². The molecule has 0 aliphatic carbocycles.